The Labute approximate surface area is 278 Å². The first-order chi connectivity index (χ1) is 23.9. The van der Waals surface area contributed by atoms with Gasteiger partial charge >= 0.3 is 0 Å². The normalized spacial score (nSPS) is 9.25. The van der Waals surface area contributed by atoms with Crippen molar-refractivity contribution in [1.82, 2.24) is 54.8 Å². The monoisotopic (exact) mass is 631 g/mol. The molecule has 0 aliphatic rings. The van der Waals surface area contributed by atoms with E-state index in [1.165, 1.54) is 47.3 Å². The number of benzene rings is 3. The molecule has 0 aliphatic carbocycles. The fourth-order valence-corrected chi connectivity index (χ4v) is 3.76. The maximum atomic E-state index is 4.06. The Bertz CT molecular complexity index is 1710. The lowest BCUT2D eigenvalue weighted by atomic mass is 10.1. The maximum absolute atomic E-state index is 4.06. The van der Waals surface area contributed by atoms with E-state index >= 15 is 0 Å². The van der Waals surface area contributed by atoms with Crippen LogP contribution in [0.2, 0.25) is 0 Å². The van der Waals surface area contributed by atoms with Gasteiger partial charge in [-0.05, 0) is 59.0 Å². The molecule has 0 unspecified atom stereocenters. The molecule has 0 saturated heterocycles. The van der Waals surface area contributed by atoms with Gasteiger partial charge in [0.2, 0.25) is 0 Å². The largest absolute Gasteiger partial charge is 0.361 e. The van der Waals surface area contributed by atoms with Gasteiger partial charge < -0.3 is 9.97 Å². The Morgan fingerprint density at radius 1 is 0.354 bits per heavy atom. The van der Waals surface area contributed by atoms with Crippen molar-refractivity contribution in [1.29, 1.82) is 0 Å². The topological polar surface area (TPSA) is 148 Å². The summed E-state index contributed by atoms with van der Waals surface area (Å²) in [6, 6.07) is 34.3. The summed E-state index contributed by atoms with van der Waals surface area (Å²) >= 11 is 0. The number of rotatable bonds is 1. The van der Waals surface area contributed by atoms with Crippen molar-refractivity contribution in [3.8, 4) is 11.1 Å². The lowest BCUT2D eigenvalue weighted by Crippen LogP contribution is -1.76. The predicted octanol–water partition coefficient (Wildman–Crippen LogP) is 7.30. The summed E-state index contributed by atoms with van der Waals surface area (Å²) in [7, 11) is 0. The van der Waals surface area contributed by atoms with Crippen molar-refractivity contribution < 1.29 is 0 Å². The zero-order chi connectivity index (χ0) is 33.2. The molecule has 6 aromatic heterocycles. The molecule has 3 aromatic carbocycles. The van der Waals surface area contributed by atoms with Crippen LogP contribution in [0.5, 0.6) is 0 Å². The van der Waals surface area contributed by atoms with E-state index in [-0.39, 0.29) is 0 Å². The van der Waals surface area contributed by atoms with E-state index in [0.717, 1.165) is 11.0 Å². The van der Waals surface area contributed by atoms with Gasteiger partial charge in [-0.2, -0.15) is 0 Å². The fourth-order valence-electron chi connectivity index (χ4n) is 3.76. The van der Waals surface area contributed by atoms with Crippen LogP contribution in [-0.2, 0) is 0 Å². The van der Waals surface area contributed by atoms with Crippen LogP contribution in [0.15, 0.2) is 191 Å². The highest BCUT2D eigenvalue weighted by Crippen LogP contribution is 2.16. The van der Waals surface area contributed by atoms with Crippen molar-refractivity contribution >= 4 is 21.9 Å². The van der Waals surface area contributed by atoms with Crippen molar-refractivity contribution in [3.05, 3.63) is 191 Å². The number of fused-ring (bicyclic) bond motifs is 2. The minimum absolute atomic E-state index is 1.03. The lowest BCUT2D eigenvalue weighted by Gasteiger charge is -1.98. The highest BCUT2D eigenvalue weighted by molar-refractivity contribution is 5.78. The van der Waals surface area contributed by atoms with Gasteiger partial charge in [0.25, 0.3) is 0 Å². The molecule has 0 atom stereocenters. The minimum atomic E-state index is 1.03. The van der Waals surface area contributed by atoms with E-state index in [1.54, 1.807) is 49.6 Å². The van der Waals surface area contributed by atoms with Gasteiger partial charge in [-0.3, -0.25) is 15.0 Å². The van der Waals surface area contributed by atoms with Gasteiger partial charge in [0.1, 0.15) is 25.3 Å². The van der Waals surface area contributed by atoms with Crippen molar-refractivity contribution in [2.24, 2.45) is 0 Å². The van der Waals surface area contributed by atoms with E-state index in [4.69, 9.17) is 0 Å². The molecule has 48 heavy (non-hydrogen) atoms. The third kappa shape index (κ3) is 13.3. The average Bonchev–Trinajstić information content (AvgIpc) is 3.89. The molecule has 0 saturated carbocycles. The number of H-pyrrole nitrogens is 2. The molecule has 236 valence electrons. The third-order valence-corrected chi connectivity index (χ3v) is 5.93. The number of nitrogens with one attached hydrogen (secondary N) is 2. The second kappa shape index (κ2) is 21.7. The van der Waals surface area contributed by atoms with Crippen molar-refractivity contribution in [3.63, 3.8) is 0 Å². The molecule has 0 bridgehead atoms. The molecular weight excluding hydrogens is 598 g/mol. The number of aromatic amines is 2. The summed E-state index contributed by atoms with van der Waals surface area (Å²) < 4.78 is 0. The van der Waals surface area contributed by atoms with Gasteiger partial charge in [-0.15, -0.1) is 0 Å². The van der Waals surface area contributed by atoms with Gasteiger partial charge in [0.15, 0.2) is 0 Å². The van der Waals surface area contributed by atoms with Gasteiger partial charge in [-0.1, -0.05) is 60.7 Å². The molecule has 2 N–H and O–H groups in total. The highest BCUT2D eigenvalue weighted by Gasteiger charge is 1.92. The van der Waals surface area contributed by atoms with Crippen molar-refractivity contribution in [2.75, 3.05) is 0 Å². The first-order valence-corrected chi connectivity index (χ1v) is 14.7. The number of imidazole rings is 1. The maximum Gasteiger partial charge on any atom is 0.119 e. The van der Waals surface area contributed by atoms with E-state index in [1.807, 2.05) is 85.3 Å². The standard InChI is InChI=1S/C11H9N.C8H7N.C7H6N2.2C4H4N2.C3H3N3/c1-2-4-10(5-3-1)11-6-8-12-9-7-11;1-2-4-8-7(3-1)5-6-9-8;1-2-4-7-6(3-1)8-5-9-7;1-2-6-4-3-5-1;1-2-5-4-6-3-1;1-4-2-6-3-5-1/h1-9H;1-6,9H;1-5H,(H,8,9);2*1-4H;1-3H. The zero-order valence-electron chi connectivity index (χ0n) is 25.9. The molecule has 0 amide bonds. The fraction of sp³-hybridized carbons (Fsp3) is 0. The highest BCUT2D eigenvalue weighted by atomic mass is 14.9. The Morgan fingerprint density at radius 3 is 1.44 bits per heavy atom. The van der Waals surface area contributed by atoms with Crippen LogP contribution in [-0.4, -0.2) is 54.8 Å². The SMILES string of the molecule is c1ccc(-c2ccncc2)cc1.c1ccc2[nH]ccc2c1.c1ccc2[nH]cnc2c1.c1cnccn1.c1cncnc1.c1ncncn1. The molecule has 0 aliphatic heterocycles. The smallest absolute Gasteiger partial charge is 0.119 e. The molecular formula is C37H33N11. The number of hydrogen-bond acceptors (Lipinski definition) is 9. The van der Waals surface area contributed by atoms with Crippen LogP contribution < -0.4 is 0 Å². The Hall–Kier alpha value is -7.01. The van der Waals surface area contributed by atoms with Crippen LogP contribution in [0.1, 0.15) is 0 Å². The van der Waals surface area contributed by atoms with E-state index in [0.29, 0.717) is 0 Å². The first-order valence-electron chi connectivity index (χ1n) is 14.7. The third-order valence-electron chi connectivity index (χ3n) is 5.93. The number of para-hydroxylation sites is 3. The first kappa shape index (κ1) is 33.9. The summed E-state index contributed by atoms with van der Waals surface area (Å²) in [6.07, 6.45) is 23.0. The summed E-state index contributed by atoms with van der Waals surface area (Å²) in [6.45, 7) is 0. The molecule has 0 spiro atoms. The molecule has 0 fully saturated rings. The predicted molar refractivity (Wildman–Crippen MR) is 188 cm³/mol. The molecule has 9 aromatic rings. The van der Waals surface area contributed by atoms with Crippen LogP contribution in [0.4, 0.5) is 0 Å². The minimum Gasteiger partial charge on any atom is -0.361 e. The molecule has 9 rings (SSSR count). The van der Waals surface area contributed by atoms with Crippen LogP contribution in [0, 0.1) is 0 Å². The van der Waals surface area contributed by atoms with E-state index < -0.39 is 0 Å². The van der Waals surface area contributed by atoms with Crippen LogP contribution in [0.25, 0.3) is 33.1 Å². The van der Waals surface area contributed by atoms with Crippen LogP contribution >= 0.6 is 0 Å². The lowest BCUT2D eigenvalue weighted by molar-refractivity contribution is 1.05. The number of pyridine rings is 1. The van der Waals surface area contributed by atoms with Gasteiger partial charge in [0, 0.05) is 61.3 Å². The molecule has 6 heterocycles. The number of hydrogen-bond donors (Lipinski definition) is 2. The molecule has 11 nitrogen and oxygen atoms in total. The average molecular weight is 632 g/mol. The summed E-state index contributed by atoms with van der Waals surface area (Å²) in [4.78, 5) is 39.6. The van der Waals surface area contributed by atoms with Crippen molar-refractivity contribution in [2.45, 2.75) is 0 Å². The number of aromatic nitrogens is 11. The second-order valence-electron chi connectivity index (χ2n) is 9.18. The van der Waals surface area contributed by atoms with Crippen LogP contribution in [0.3, 0.4) is 0 Å². The molecule has 0 radical (unpaired) electrons. The second-order valence-corrected chi connectivity index (χ2v) is 9.18. The quantitative estimate of drug-likeness (QED) is 0.190. The van der Waals surface area contributed by atoms with Gasteiger partial charge in [0.05, 0.1) is 17.4 Å². The molecule has 11 heteroatoms. The van der Waals surface area contributed by atoms with E-state index in [9.17, 15) is 0 Å². The Balaban J connectivity index is 0.000000133. The summed E-state index contributed by atoms with van der Waals surface area (Å²) in [5.41, 5.74) is 5.78. The Kier molecular flexibility index (Phi) is 15.3. The summed E-state index contributed by atoms with van der Waals surface area (Å²) in [5.74, 6) is 0. The summed E-state index contributed by atoms with van der Waals surface area (Å²) in [5, 5.41) is 1.28. The van der Waals surface area contributed by atoms with E-state index in [2.05, 4.69) is 85.2 Å². The number of nitrogens with zero attached hydrogens (tertiary/aromatic N) is 9. The Morgan fingerprint density at radius 2 is 0.896 bits per heavy atom. The zero-order valence-corrected chi connectivity index (χ0v) is 25.9. The van der Waals surface area contributed by atoms with Gasteiger partial charge in [-0.25, -0.2) is 29.9 Å².